The summed E-state index contributed by atoms with van der Waals surface area (Å²) in [7, 11) is 0. The summed E-state index contributed by atoms with van der Waals surface area (Å²) in [5.41, 5.74) is 1.29. The molecular weight excluding hydrogens is 266 g/mol. The van der Waals surface area contributed by atoms with Crippen molar-refractivity contribution in [2.24, 2.45) is 0 Å². The van der Waals surface area contributed by atoms with Crippen LogP contribution in [0.3, 0.4) is 0 Å². The Hall–Kier alpha value is -1.99. The Bertz CT molecular complexity index is 619. The zero-order chi connectivity index (χ0) is 13.8. The minimum Gasteiger partial charge on any atom is -0.392 e. The highest BCUT2D eigenvalue weighted by Gasteiger charge is 2.12. The molecule has 1 heterocycles. The molecule has 98 valence electrons. The minimum atomic E-state index is -0.489. The van der Waals surface area contributed by atoms with Gasteiger partial charge in [-0.2, -0.15) is 0 Å². The van der Waals surface area contributed by atoms with Crippen LogP contribution in [0.2, 0.25) is 0 Å². The lowest BCUT2D eigenvalue weighted by Gasteiger charge is -2.06. The van der Waals surface area contributed by atoms with Gasteiger partial charge in [-0.25, -0.2) is 9.97 Å². The van der Waals surface area contributed by atoms with E-state index in [-0.39, 0.29) is 12.3 Å². The van der Waals surface area contributed by atoms with Gasteiger partial charge in [0.15, 0.2) is 5.16 Å². The lowest BCUT2D eigenvalue weighted by molar-refractivity contribution is -0.385. The molecule has 0 bridgehead atoms. The van der Waals surface area contributed by atoms with Gasteiger partial charge in [-0.15, -0.1) is 0 Å². The number of hydrogen-bond donors (Lipinski definition) is 1. The Labute approximate surface area is 113 Å². The molecule has 0 aliphatic rings. The summed E-state index contributed by atoms with van der Waals surface area (Å²) in [5.74, 6) is 0. The number of aliphatic hydroxyl groups excluding tert-OH is 1. The van der Waals surface area contributed by atoms with Gasteiger partial charge in [0.05, 0.1) is 11.5 Å². The molecule has 1 aromatic carbocycles. The molecule has 0 atom stereocenters. The Morgan fingerprint density at radius 3 is 2.84 bits per heavy atom. The summed E-state index contributed by atoms with van der Waals surface area (Å²) < 4.78 is 0. The second kappa shape index (κ2) is 5.77. The maximum Gasteiger partial charge on any atom is 0.269 e. The SMILES string of the molecule is Cc1ccnc(Sc2ccc([N+](=O)[O-])cc2CO)n1. The largest absolute Gasteiger partial charge is 0.392 e. The van der Waals surface area contributed by atoms with Crippen molar-refractivity contribution in [3.63, 3.8) is 0 Å². The van der Waals surface area contributed by atoms with Crippen LogP contribution in [0.15, 0.2) is 40.5 Å². The van der Waals surface area contributed by atoms with E-state index in [9.17, 15) is 15.2 Å². The van der Waals surface area contributed by atoms with Gasteiger partial charge in [0.1, 0.15) is 0 Å². The van der Waals surface area contributed by atoms with E-state index in [2.05, 4.69) is 9.97 Å². The van der Waals surface area contributed by atoms with E-state index in [1.165, 1.54) is 23.9 Å². The zero-order valence-electron chi connectivity index (χ0n) is 10.1. The first-order valence-corrected chi connectivity index (χ1v) is 6.27. The molecule has 6 nitrogen and oxygen atoms in total. The van der Waals surface area contributed by atoms with Crippen molar-refractivity contribution in [3.05, 3.63) is 51.8 Å². The van der Waals surface area contributed by atoms with E-state index >= 15 is 0 Å². The van der Waals surface area contributed by atoms with Gasteiger partial charge in [0.2, 0.25) is 0 Å². The third kappa shape index (κ3) is 3.27. The van der Waals surface area contributed by atoms with Crippen LogP contribution in [0.5, 0.6) is 0 Å². The topological polar surface area (TPSA) is 89.2 Å². The molecule has 2 aromatic rings. The van der Waals surface area contributed by atoms with Crippen LogP contribution < -0.4 is 0 Å². The van der Waals surface area contributed by atoms with Gasteiger partial charge in [-0.1, -0.05) is 0 Å². The lowest BCUT2D eigenvalue weighted by Crippen LogP contribution is -1.94. The van der Waals surface area contributed by atoms with Crippen molar-refractivity contribution in [1.82, 2.24) is 9.97 Å². The molecule has 0 spiro atoms. The zero-order valence-corrected chi connectivity index (χ0v) is 10.9. The number of nitro groups is 1. The van der Waals surface area contributed by atoms with Gasteiger partial charge >= 0.3 is 0 Å². The number of hydrogen-bond acceptors (Lipinski definition) is 6. The number of nitrogens with zero attached hydrogens (tertiary/aromatic N) is 3. The predicted molar refractivity (Wildman–Crippen MR) is 69.9 cm³/mol. The Balaban J connectivity index is 2.32. The number of aryl methyl sites for hydroxylation is 1. The van der Waals surface area contributed by atoms with Gasteiger partial charge in [-0.05, 0) is 36.4 Å². The molecule has 1 N–H and O–H groups in total. The number of rotatable bonds is 4. The Morgan fingerprint density at radius 2 is 2.21 bits per heavy atom. The first kappa shape index (κ1) is 13.4. The van der Waals surface area contributed by atoms with E-state index in [0.29, 0.717) is 15.6 Å². The summed E-state index contributed by atoms with van der Waals surface area (Å²) >= 11 is 1.27. The second-order valence-corrected chi connectivity index (χ2v) is 4.80. The minimum absolute atomic E-state index is 0.0430. The van der Waals surface area contributed by atoms with Crippen LogP contribution in [0, 0.1) is 17.0 Å². The number of non-ortho nitro benzene ring substituents is 1. The molecule has 0 fully saturated rings. The summed E-state index contributed by atoms with van der Waals surface area (Å²) in [6.07, 6.45) is 1.65. The monoisotopic (exact) mass is 277 g/mol. The molecule has 0 aliphatic heterocycles. The fourth-order valence-electron chi connectivity index (χ4n) is 1.48. The van der Waals surface area contributed by atoms with Crippen LogP contribution >= 0.6 is 11.8 Å². The average molecular weight is 277 g/mol. The second-order valence-electron chi connectivity index (χ2n) is 3.79. The molecule has 0 radical (unpaired) electrons. The van der Waals surface area contributed by atoms with E-state index in [1.54, 1.807) is 18.3 Å². The highest BCUT2D eigenvalue weighted by molar-refractivity contribution is 7.99. The molecule has 0 saturated carbocycles. The highest BCUT2D eigenvalue weighted by Crippen LogP contribution is 2.30. The summed E-state index contributed by atoms with van der Waals surface area (Å²) in [6.45, 7) is 1.59. The number of benzene rings is 1. The van der Waals surface area contributed by atoms with E-state index in [0.717, 1.165) is 5.69 Å². The molecular formula is C12H11N3O3S. The Morgan fingerprint density at radius 1 is 1.42 bits per heavy atom. The molecule has 1 aromatic heterocycles. The van der Waals surface area contributed by atoms with Crippen molar-refractivity contribution < 1.29 is 10.0 Å². The van der Waals surface area contributed by atoms with Crippen LogP contribution in [0.1, 0.15) is 11.3 Å². The third-order valence-electron chi connectivity index (χ3n) is 2.40. The lowest BCUT2D eigenvalue weighted by atomic mass is 10.2. The molecule has 0 aliphatic carbocycles. The van der Waals surface area contributed by atoms with Crippen molar-refractivity contribution in [1.29, 1.82) is 0 Å². The van der Waals surface area contributed by atoms with Gasteiger partial charge in [0, 0.05) is 28.9 Å². The predicted octanol–water partition coefficient (Wildman–Crippen LogP) is 2.34. The quantitative estimate of drug-likeness (QED) is 0.524. The molecule has 2 rings (SSSR count). The molecule has 0 amide bonds. The fraction of sp³-hybridized carbons (Fsp3) is 0.167. The molecule has 7 heteroatoms. The van der Waals surface area contributed by atoms with E-state index in [4.69, 9.17) is 0 Å². The standard InChI is InChI=1S/C12H11N3O3S/c1-8-4-5-13-12(14-8)19-11-3-2-10(15(17)18)6-9(11)7-16/h2-6,16H,7H2,1H3. The number of aromatic nitrogens is 2. The van der Waals surface area contributed by atoms with Crippen LogP contribution in [-0.2, 0) is 6.61 Å². The average Bonchev–Trinajstić information content (AvgIpc) is 2.39. The van der Waals surface area contributed by atoms with Gasteiger partial charge < -0.3 is 5.11 Å². The van der Waals surface area contributed by atoms with Gasteiger partial charge in [-0.3, -0.25) is 10.1 Å². The van der Waals surface area contributed by atoms with Crippen molar-refractivity contribution in [3.8, 4) is 0 Å². The summed E-state index contributed by atoms with van der Waals surface area (Å²) in [4.78, 5) is 19.2. The van der Waals surface area contributed by atoms with Crippen LogP contribution in [-0.4, -0.2) is 20.0 Å². The maximum atomic E-state index is 10.7. The van der Waals surface area contributed by atoms with E-state index in [1.807, 2.05) is 6.92 Å². The summed E-state index contributed by atoms with van der Waals surface area (Å²) in [6, 6.07) is 6.14. The number of nitro benzene ring substituents is 1. The van der Waals surface area contributed by atoms with E-state index < -0.39 is 4.92 Å². The molecule has 19 heavy (non-hydrogen) atoms. The van der Waals surface area contributed by atoms with Crippen LogP contribution in [0.4, 0.5) is 5.69 Å². The van der Waals surface area contributed by atoms with Crippen molar-refractivity contribution in [2.75, 3.05) is 0 Å². The fourth-order valence-corrected chi connectivity index (χ4v) is 2.37. The highest BCUT2D eigenvalue weighted by atomic mass is 32.2. The first-order valence-electron chi connectivity index (χ1n) is 5.46. The summed E-state index contributed by atoms with van der Waals surface area (Å²) in [5, 5.41) is 20.5. The Kier molecular flexibility index (Phi) is 4.08. The number of aliphatic hydroxyl groups is 1. The van der Waals surface area contributed by atoms with Gasteiger partial charge in [0.25, 0.3) is 5.69 Å². The van der Waals surface area contributed by atoms with Crippen molar-refractivity contribution in [2.45, 2.75) is 23.6 Å². The first-order chi connectivity index (χ1) is 9.10. The molecule has 0 unspecified atom stereocenters. The normalized spacial score (nSPS) is 10.4. The molecule has 0 saturated heterocycles. The smallest absolute Gasteiger partial charge is 0.269 e. The maximum absolute atomic E-state index is 10.7. The van der Waals surface area contributed by atoms with Crippen LogP contribution in [0.25, 0.3) is 0 Å². The van der Waals surface area contributed by atoms with Crippen molar-refractivity contribution >= 4 is 17.4 Å². The third-order valence-corrected chi connectivity index (χ3v) is 3.40.